The third-order valence-corrected chi connectivity index (χ3v) is 14.2. The van der Waals surface area contributed by atoms with Crippen LogP contribution in [0.2, 0.25) is 0 Å². The Bertz CT molecular complexity index is 3810. The number of nitrogens with one attached hydrogen (secondary N) is 1. The minimum absolute atomic E-state index is 0.0755. The summed E-state index contributed by atoms with van der Waals surface area (Å²) in [6.45, 7) is 6.80. The van der Waals surface area contributed by atoms with Crippen molar-refractivity contribution in [2.75, 3.05) is 5.32 Å². The van der Waals surface area contributed by atoms with Gasteiger partial charge in [0.05, 0.1) is 16.6 Å². The second kappa shape index (κ2) is 12.5. The second-order valence-corrected chi connectivity index (χ2v) is 18.8. The van der Waals surface area contributed by atoms with Crippen LogP contribution in [-0.2, 0) is 12.5 Å². The van der Waals surface area contributed by atoms with Gasteiger partial charge in [-0.05, 0) is 76.6 Å². The van der Waals surface area contributed by atoms with E-state index < -0.39 is 0 Å². The lowest BCUT2D eigenvalue weighted by Crippen LogP contribution is -2.37. The Morgan fingerprint density at radius 1 is 0.623 bits per heavy atom. The average molecular weight is 803 g/mol. The molecule has 0 saturated carbocycles. The molecule has 7 heteroatoms. The van der Waals surface area contributed by atoms with E-state index in [1.807, 2.05) is 17.4 Å². The molecule has 0 amide bonds. The molecule has 0 fully saturated rings. The van der Waals surface area contributed by atoms with Crippen LogP contribution in [0.25, 0.3) is 103 Å². The van der Waals surface area contributed by atoms with Gasteiger partial charge in [-0.25, -0.2) is 4.98 Å². The van der Waals surface area contributed by atoms with Crippen LogP contribution in [0, 0.1) is 0 Å². The number of nitrogens with zero attached hydrogens (tertiary/aromatic N) is 3. The van der Waals surface area contributed by atoms with E-state index in [-0.39, 0.29) is 5.41 Å². The van der Waals surface area contributed by atoms with Crippen LogP contribution in [0.5, 0.6) is 0 Å². The van der Waals surface area contributed by atoms with Crippen molar-refractivity contribution in [3.05, 3.63) is 157 Å². The SMILES string of the molecule is Cn1c(-c2ccccc2)nc2cc3c(cc21)-n1c2cc4oc5ccccc5c4cc2c2ccc(-c4cc5c(cc4Nc4ccc(C(C)(C)C)cc4)sc4ccccc45)c(c21)B3. The number of imidazole rings is 1. The monoisotopic (exact) mass is 802 g/mol. The summed E-state index contributed by atoms with van der Waals surface area (Å²) in [5.41, 5.74) is 17.1. The number of rotatable bonds is 4. The summed E-state index contributed by atoms with van der Waals surface area (Å²) in [5.74, 6) is 0.963. The molecular formula is C54H39BN4OS. The van der Waals surface area contributed by atoms with Crippen LogP contribution >= 0.6 is 11.3 Å². The molecule has 1 aliphatic rings. The number of aromatic nitrogens is 3. The smallest absolute Gasteiger partial charge is 0.198 e. The van der Waals surface area contributed by atoms with Gasteiger partial charge in [0, 0.05) is 88.5 Å². The van der Waals surface area contributed by atoms with Crippen LogP contribution in [0.15, 0.2) is 156 Å². The fourth-order valence-electron chi connectivity index (χ4n) is 10.0. The Kier molecular flexibility index (Phi) is 7.11. The molecule has 0 spiro atoms. The zero-order chi connectivity index (χ0) is 40.7. The third kappa shape index (κ3) is 5.11. The maximum Gasteiger partial charge on any atom is 0.198 e. The molecule has 290 valence electrons. The molecule has 5 nitrogen and oxygen atoms in total. The summed E-state index contributed by atoms with van der Waals surface area (Å²) in [6.07, 6.45) is 0. The molecule has 0 aliphatic carbocycles. The van der Waals surface area contributed by atoms with E-state index in [1.165, 1.54) is 69.8 Å². The molecule has 8 aromatic carbocycles. The fourth-order valence-corrected chi connectivity index (χ4v) is 11.2. The highest BCUT2D eigenvalue weighted by Gasteiger charge is 2.29. The minimum atomic E-state index is 0.0755. The summed E-state index contributed by atoms with van der Waals surface area (Å²) in [6, 6.07) is 55.5. The van der Waals surface area contributed by atoms with Crippen molar-refractivity contribution in [1.82, 2.24) is 14.1 Å². The molecule has 0 unspecified atom stereocenters. The van der Waals surface area contributed by atoms with Crippen molar-refractivity contribution >= 4 is 116 Å². The maximum atomic E-state index is 6.56. The summed E-state index contributed by atoms with van der Waals surface area (Å²) < 4.78 is 13.9. The van der Waals surface area contributed by atoms with E-state index >= 15 is 0 Å². The van der Waals surface area contributed by atoms with Crippen molar-refractivity contribution in [1.29, 1.82) is 0 Å². The van der Waals surface area contributed by atoms with Gasteiger partial charge < -0.3 is 18.9 Å². The van der Waals surface area contributed by atoms with Crippen molar-refractivity contribution in [3.8, 4) is 28.2 Å². The molecule has 0 radical (unpaired) electrons. The van der Waals surface area contributed by atoms with Gasteiger partial charge in [-0.15, -0.1) is 11.3 Å². The van der Waals surface area contributed by atoms with Gasteiger partial charge in [0.15, 0.2) is 7.28 Å². The molecule has 0 bridgehead atoms. The van der Waals surface area contributed by atoms with E-state index in [2.05, 4.69) is 188 Å². The van der Waals surface area contributed by atoms with E-state index in [1.54, 1.807) is 0 Å². The first-order valence-corrected chi connectivity index (χ1v) is 21.9. The Morgan fingerprint density at radius 2 is 1.41 bits per heavy atom. The van der Waals surface area contributed by atoms with Crippen LogP contribution < -0.4 is 16.2 Å². The highest BCUT2D eigenvalue weighted by molar-refractivity contribution is 7.25. The molecule has 5 heterocycles. The van der Waals surface area contributed by atoms with Crippen LogP contribution in [0.3, 0.4) is 0 Å². The topological polar surface area (TPSA) is 47.9 Å². The van der Waals surface area contributed by atoms with Gasteiger partial charge in [0.1, 0.15) is 17.0 Å². The summed E-state index contributed by atoms with van der Waals surface area (Å²) in [4.78, 5) is 5.26. The number of furan rings is 1. The zero-order valence-corrected chi connectivity index (χ0v) is 35.1. The van der Waals surface area contributed by atoms with E-state index in [4.69, 9.17) is 9.40 Å². The van der Waals surface area contributed by atoms with Gasteiger partial charge >= 0.3 is 0 Å². The predicted molar refractivity (Wildman–Crippen MR) is 261 cm³/mol. The number of para-hydroxylation sites is 1. The quantitative estimate of drug-likeness (QED) is 0.180. The summed E-state index contributed by atoms with van der Waals surface area (Å²) in [5, 5.41) is 11.2. The number of thiophene rings is 1. The van der Waals surface area contributed by atoms with Crippen molar-refractivity contribution in [2.24, 2.45) is 7.05 Å². The van der Waals surface area contributed by atoms with Gasteiger partial charge in [-0.1, -0.05) is 117 Å². The first-order chi connectivity index (χ1) is 29.7. The van der Waals surface area contributed by atoms with Crippen LogP contribution in [0.1, 0.15) is 26.3 Å². The number of aryl methyl sites for hydroxylation is 1. The highest BCUT2D eigenvalue weighted by Crippen LogP contribution is 2.44. The Morgan fingerprint density at radius 3 is 2.25 bits per heavy atom. The number of benzene rings is 8. The molecule has 13 rings (SSSR count). The lowest BCUT2D eigenvalue weighted by molar-refractivity contribution is 0.590. The van der Waals surface area contributed by atoms with E-state index in [0.29, 0.717) is 0 Å². The highest BCUT2D eigenvalue weighted by atomic mass is 32.1. The summed E-state index contributed by atoms with van der Waals surface area (Å²) in [7, 11) is 2.91. The number of fused-ring (bicyclic) bond motifs is 12. The normalized spacial score (nSPS) is 12.7. The summed E-state index contributed by atoms with van der Waals surface area (Å²) >= 11 is 1.86. The second-order valence-electron chi connectivity index (χ2n) is 17.7. The van der Waals surface area contributed by atoms with Gasteiger partial charge in [0.25, 0.3) is 0 Å². The lowest BCUT2D eigenvalue weighted by atomic mass is 9.59. The Balaban J connectivity index is 1.10. The number of hydrogen-bond acceptors (Lipinski definition) is 4. The molecule has 12 aromatic rings. The Labute approximate surface area is 356 Å². The van der Waals surface area contributed by atoms with Crippen LogP contribution in [-0.4, -0.2) is 21.4 Å². The predicted octanol–water partition coefficient (Wildman–Crippen LogP) is 13.0. The zero-order valence-electron chi connectivity index (χ0n) is 34.3. The molecule has 1 aliphatic heterocycles. The fraction of sp³-hybridized carbons (Fsp3) is 0.0926. The molecular weight excluding hydrogens is 763 g/mol. The molecule has 61 heavy (non-hydrogen) atoms. The van der Waals surface area contributed by atoms with Crippen molar-refractivity contribution in [2.45, 2.75) is 26.2 Å². The van der Waals surface area contributed by atoms with E-state index in [0.717, 1.165) is 68.5 Å². The van der Waals surface area contributed by atoms with Gasteiger partial charge in [0.2, 0.25) is 0 Å². The van der Waals surface area contributed by atoms with Gasteiger partial charge in [-0.3, -0.25) is 0 Å². The maximum absolute atomic E-state index is 6.56. The standard InChI is InChI=1S/C54H39BN4OS/c1-54(2,3)31-18-20-32(21-19-31)56-42-27-50-40(34-15-9-11-17-49(34)61-50)24-37(42)35-22-23-36-38-25-39-33-14-8-10-16-47(33)60-48(39)29-44(38)59-45-28-46-43(26-41(45)55-51(35)52(36)59)57-53(58(46)4)30-12-6-5-7-13-30/h5-29,55-56H,1-4H3. The van der Waals surface area contributed by atoms with Crippen LogP contribution in [0.4, 0.5) is 11.4 Å². The van der Waals surface area contributed by atoms with Crippen molar-refractivity contribution < 1.29 is 4.42 Å². The van der Waals surface area contributed by atoms with E-state index in [9.17, 15) is 0 Å². The first kappa shape index (κ1) is 34.7. The van der Waals surface area contributed by atoms with Gasteiger partial charge in [-0.2, -0.15) is 0 Å². The molecule has 1 N–H and O–H groups in total. The number of anilines is 2. The average Bonchev–Trinajstić information content (AvgIpc) is 4.01. The number of hydrogen-bond donors (Lipinski definition) is 1. The third-order valence-electron chi connectivity index (χ3n) is 13.1. The minimum Gasteiger partial charge on any atom is -0.456 e. The molecule has 4 aromatic heterocycles. The van der Waals surface area contributed by atoms with Crippen molar-refractivity contribution in [3.63, 3.8) is 0 Å². The molecule has 0 atom stereocenters. The molecule has 0 saturated heterocycles. The first-order valence-electron chi connectivity index (χ1n) is 21.0. The Hall–Kier alpha value is -7.09. The lowest BCUT2D eigenvalue weighted by Gasteiger charge is -2.24. The largest absolute Gasteiger partial charge is 0.456 e.